The molecule has 18 heavy (non-hydrogen) atoms. The molecule has 3 N–H and O–H groups in total. The third kappa shape index (κ3) is 2.18. The van der Waals surface area contributed by atoms with Crippen molar-refractivity contribution in [3.05, 3.63) is 23.8 Å². The summed E-state index contributed by atoms with van der Waals surface area (Å²) >= 11 is 0. The van der Waals surface area contributed by atoms with Crippen LogP contribution in [-0.4, -0.2) is 41.3 Å². The molecule has 2 aliphatic rings. The molecule has 4 heteroatoms. The Labute approximate surface area is 107 Å². The van der Waals surface area contributed by atoms with Crippen LogP contribution in [0.4, 0.5) is 0 Å². The number of hydrogen-bond donors (Lipinski definition) is 3. The summed E-state index contributed by atoms with van der Waals surface area (Å²) in [5.41, 5.74) is 0.888. The molecule has 1 aromatic rings. The lowest BCUT2D eigenvalue weighted by Crippen LogP contribution is -2.45. The van der Waals surface area contributed by atoms with Crippen LogP contribution in [0, 0.1) is 5.92 Å². The third-order valence-electron chi connectivity index (χ3n) is 3.98. The van der Waals surface area contributed by atoms with E-state index in [9.17, 15) is 10.2 Å². The average molecular weight is 248 g/mol. The molecule has 0 radical (unpaired) electrons. The lowest BCUT2D eigenvalue weighted by molar-refractivity contribution is 0.153. The Kier molecular flexibility index (Phi) is 3.14. The molecular formula is C14H20N2O2. The second-order valence-corrected chi connectivity index (χ2v) is 5.28. The highest BCUT2D eigenvalue weighted by atomic mass is 16.3. The first-order valence-electron chi connectivity index (χ1n) is 6.73. The molecule has 0 amide bonds. The van der Waals surface area contributed by atoms with Crippen molar-refractivity contribution in [2.75, 3.05) is 26.2 Å². The van der Waals surface area contributed by atoms with E-state index < -0.39 is 0 Å². The molecule has 1 aliphatic heterocycles. The lowest BCUT2D eigenvalue weighted by Gasteiger charge is -2.35. The molecule has 1 saturated heterocycles. The normalized spacial score (nSPS) is 22.9. The largest absolute Gasteiger partial charge is 0.504 e. The zero-order chi connectivity index (χ0) is 12.5. The van der Waals surface area contributed by atoms with Gasteiger partial charge in [-0.3, -0.25) is 4.90 Å². The van der Waals surface area contributed by atoms with Crippen LogP contribution in [0.3, 0.4) is 0 Å². The molecule has 0 spiro atoms. The summed E-state index contributed by atoms with van der Waals surface area (Å²) in [6.07, 6.45) is 2.45. The van der Waals surface area contributed by atoms with Crippen LogP contribution in [0.25, 0.3) is 0 Å². The zero-order valence-electron chi connectivity index (χ0n) is 10.5. The van der Waals surface area contributed by atoms with E-state index in [0.717, 1.165) is 31.7 Å². The van der Waals surface area contributed by atoms with Gasteiger partial charge in [0.05, 0.1) is 0 Å². The summed E-state index contributed by atoms with van der Waals surface area (Å²) < 4.78 is 0. The number of aromatic hydroxyl groups is 2. The molecule has 1 aromatic carbocycles. The van der Waals surface area contributed by atoms with Gasteiger partial charge in [0, 0.05) is 37.8 Å². The molecule has 4 nitrogen and oxygen atoms in total. The van der Waals surface area contributed by atoms with Gasteiger partial charge in [-0.2, -0.15) is 0 Å². The summed E-state index contributed by atoms with van der Waals surface area (Å²) in [6, 6.07) is 5.57. The number of phenolic OH excluding ortho intramolecular Hbond substituents is 2. The van der Waals surface area contributed by atoms with Crippen molar-refractivity contribution in [1.82, 2.24) is 10.2 Å². The van der Waals surface area contributed by atoms with E-state index in [0.29, 0.717) is 5.92 Å². The molecular weight excluding hydrogens is 228 g/mol. The smallest absolute Gasteiger partial charge is 0.162 e. The predicted octanol–water partition coefficient (Wildman–Crippen LogP) is 1.45. The Hall–Kier alpha value is -1.26. The highest BCUT2D eigenvalue weighted by Gasteiger charge is 2.38. The van der Waals surface area contributed by atoms with Gasteiger partial charge in [-0.05, 0) is 24.8 Å². The van der Waals surface area contributed by atoms with Gasteiger partial charge in [-0.25, -0.2) is 0 Å². The topological polar surface area (TPSA) is 55.7 Å². The number of nitrogens with zero attached hydrogens (tertiary/aromatic N) is 1. The van der Waals surface area contributed by atoms with Gasteiger partial charge < -0.3 is 15.5 Å². The Morgan fingerprint density at radius 1 is 1.17 bits per heavy atom. The van der Waals surface area contributed by atoms with Gasteiger partial charge in [0.1, 0.15) is 0 Å². The highest BCUT2D eigenvalue weighted by Crippen LogP contribution is 2.48. The van der Waals surface area contributed by atoms with Crippen molar-refractivity contribution in [2.24, 2.45) is 5.92 Å². The summed E-state index contributed by atoms with van der Waals surface area (Å²) in [4.78, 5) is 2.43. The molecule has 2 fully saturated rings. The van der Waals surface area contributed by atoms with Gasteiger partial charge in [0.2, 0.25) is 0 Å². The maximum Gasteiger partial charge on any atom is 0.162 e. The Balaban J connectivity index is 1.90. The fourth-order valence-corrected chi connectivity index (χ4v) is 2.91. The molecule has 0 bridgehead atoms. The van der Waals surface area contributed by atoms with E-state index in [2.05, 4.69) is 10.2 Å². The Morgan fingerprint density at radius 2 is 1.89 bits per heavy atom. The molecule has 1 heterocycles. The first kappa shape index (κ1) is 11.8. The van der Waals surface area contributed by atoms with Crippen LogP contribution in [0.5, 0.6) is 11.5 Å². The zero-order valence-corrected chi connectivity index (χ0v) is 10.5. The third-order valence-corrected chi connectivity index (χ3v) is 3.98. The van der Waals surface area contributed by atoms with Crippen molar-refractivity contribution in [1.29, 1.82) is 0 Å². The minimum Gasteiger partial charge on any atom is -0.504 e. The number of hydrogen-bond acceptors (Lipinski definition) is 4. The molecule has 98 valence electrons. The van der Waals surface area contributed by atoms with Gasteiger partial charge in [0.25, 0.3) is 0 Å². The van der Waals surface area contributed by atoms with Crippen molar-refractivity contribution in [3.8, 4) is 11.5 Å². The minimum atomic E-state index is -0.00622. The fraction of sp³-hybridized carbons (Fsp3) is 0.571. The van der Waals surface area contributed by atoms with Crippen LogP contribution in [0.2, 0.25) is 0 Å². The van der Waals surface area contributed by atoms with E-state index >= 15 is 0 Å². The number of rotatable bonds is 3. The monoisotopic (exact) mass is 248 g/mol. The quantitative estimate of drug-likeness (QED) is 0.709. The van der Waals surface area contributed by atoms with E-state index in [1.54, 1.807) is 6.07 Å². The lowest BCUT2D eigenvalue weighted by atomic mass is 9.98. The molecule has 1 atom stereocenters. The highest BCUT2D eigenvalue weighted by molar-refractivity contribution is 5.46. The first-order chi connectivity index (χ1) is 8.77. The van der Waals surface area contributed by atoms with Crippen LogP contribution in [0.15, 0.2) is 18.2 Å². The van der Waals surface area contributed by atoms with E-state index in [1.165, 1.54) is 12.8 Å². The molecule has 1 aliphatic carbocycles. The van der Waals surface area contributed by atoms with Crippen molar-refractivity contribution in [2.45, 2.75) is 18.9 Å². The number of phenols is 2. The number of piperazine rings is 1. The molecule has 3 rings (SSSR count). The Morgan fingerprint density at radius 3 is 2.56 bits per heavy atom. The van der Waals surface area contributed by atoms with E-state index in [1.807, 2.05) is 12.1 Å². The first-order valence-corrected chi connectivity index (χ1v) is 6.73. The van der Waals surface area contributed by atoms with Crippen molar-refractivity contribution >= 4 is 0 Å². The second-order valence-electron chi connectivity index (χ2n) is 5.28. The van der Waals surface area contributed by atoms with Gasteiger partial charge >= 0.3 is 0 Å². The molecule has 0 aromatic heterocycles. The maximum atomic E-state index is 10.1. The van der Waals surface area contributed by atoms with E-state index in [-0.39, 0.29) is 17.5 Å². The summed E-state index contributed by atoms with van der Waals surface area (Å²) in [7, 11) is 0. The standard InChI is InChI=1S/C14H20N2O2/c17-12-3-1-2-11(14(12)18)13(10-4-5-10)16-8-6-15-7-9-16/h1-3,10,13,15,17-18H,4-9H2/t13-/m0/s1. The van der Waals surface area contributed by atoms with Gasteiger partial charge in [0.15, 0.2) is 11.5 Å². The average Bonchev–Trinajstić information content (AvgIpc) is 3.21. The molecule has 1 saturated carbocycles. The fourth-order valence-electron chi connectivity index (χ4n) is 2.91. The summed E-state index contributed by atoms with van der Waals surface area (Å²) in [5, 5.41) is 23.1. The number of benzene rings is 1. The number of para-hydroxylation sites is 1. The minimum absolute atomic E-state index is 0.00622. The van der Waals surface area contributed by atoms with Crippen molar-refractivity contribution < 1.29 is 10.2 Å². The van der Waals surface area contributed by atoms with E-state index in [4.69, 9.17) is 0 Å². The second kappa shape index (κ2) is 4.78. The maximum absolute atomic E-state index is 10.1. The van der Waals surface area contributed by atoms with Crippen molar-refractivity contribution in [3.63, 3.8) is 0 Å². The van der Waals surface area contributed by atoms with Gasteiger partial charge in [-0.15, -0.1) is 0 Å². The van der Waals surface area contributed by atoms with Crippen LogP contribution in [-0.2, 0) is 0 Å². The van der Waals surface area contributed by atoms with Crippen LogP contribution >= 0.6 is 0 Å². The number of nitrogens with one attached hydrogen (secondary N) is 1. The SMILES string of the molecule is Oc1cccc([C@H](C2CC2)N2CCNCC2)c1O. The summed E-state index contributed by atoms with van der Waals surface area (Å²) in [6.45, 7) is 4.03. The van der Waals surface area contributed by atoms with Gasteiger partial charge in [-0.1, -0.05) is 12.1 Å². The molecule has 0 unspecified atom stereocenters. The Bertz CT molecular complexity index is 426. The predicted molar refractivity (Wildman–Crippen MR) is 69.7 cm³/mol. The summed E-state index contributed by atoms with van der Waals surface area (Å²) in [5.74, 6) is 0.692. The van der Waals surface area contributed by atoms with Crippen LogP contribution < -0.4 is 5.32 Å². The van der Waals surface area contributed by atoms with Crippen LogP contribution in [0.1, 0.15) is 24.4 Å².